The summed E-state index contributed by atoms with van der Waals surface area (Å²) >= 11 is 0. The number of piperazine rings is 1. The Morgan fingerprint density at radius 3 is 2.42 bits per heavy atom. The zero-order chi connectivity index (χ0) is 22.6. The first kappa shape index (κ1) is 23.7. The Morgan fingerprint density at radius 1 is 1.13 bits per heavy atom. The molecule has 10 heteroatoms. The SMILES string of the molecule is CCCc1cc(N2CCN(CCCS(=O)(=O)C3=NNCN3C)CC2)nc(C(C)(C)C)n1. The monoisotopic (exact) mass is 451 g/mol. The molecule has 0 aliphatic carbocycles. The third-order valence-electron chi connectivity index (χ3n) is 5.61. The molecule has 31 heavy (non-hydrogen) atoms. The highest BCUT2D eigenvalue weighted by atomic mass is 32.2. The van der Waals surface area contributed by atoms with Crippen LogP contribution in [0, 0.1) is 0 Å². The summed E-state index contributed by atoms with van der Waals surface area (Å²) in [6.07, 6.45) is 2.63. The lowest BCUT2D eigenvalue weighted by molar-refractivity contribution is 0.258. The van der Waals surface area contributed by atoms with Crippen LogP contribution in [0.4, 0.5) is 5.82 Å². The number of aryl methyl sites for hydroxylation is 1. The summed E-state index contributed by atoms with van der Waals surface area (Å²) in [7, 11) is -1.60. The molecule has 0 aromatic carbocycles. The molecule has 3 heterocycles. The standard InChI is InChI=1S/C21H37N7O2S/c1-6-8-17-15-18(24-19(23-17)21(2,3)4)28-12-10-27(11-13-28)9-7-14-31(29,30)20-25-22-16-26(20)5/h15,22H,6-14,16H2,1-5H3. The Balaban J connectivity index is 1.54. The summed E-state index contributed by atoms with van der Waals surface area (Å²) in [5, 5.41) is 4.07. The molecule has 0 amide bonds. The van der Waals surface area contributed by atoms with Crippen LogP contribution in [0.1, 0.15) is 52.1 Å². The van der Waals surface area contributed by atoms with Gasteiger partial charge in [0, 0.05) is 50.4 Å². The van der Waals surface area contributed by atoms with Crippen LogP contribution in [0.25, 0.3) is 0 Å². The topological polar surface area (TPSA) is 94.0 Å². The first-order valence-electron chi connectivity index (χ1n) is 11.2. The first-order valence-corrected chi connectivity index (χ1v) is 12.9. The summed E-state index contributed by atoms with van der Waals surface area (Å²) in [6.45, 7) is 13.4. The van der Waals surface area contributed by atoms with Gasteiger partial charge in [-0.05, 0) is 19.4 Å². The lowest BCUT2D eigenvalue weighted by Crippen LogP contribution is -2.47. The molecule has 0 unspecified atom stereocenters. The Morgan fingerprint density at radius 2 is 1.84 bits per heavy atom. The number of hydrogen-bond acceptors (Lipinski definition) is 9. The Labute approximate surface area is 186 Å². The molecule has 2 aliphatic rings. The molecule has 1 aromatic heterocycles. The predicted molar refractivity (Wildman–Crippen MR) is 125 cm³/mol. The Bertz CT molecular complexity index is 887. The molecule has 3 rings (SSSR count). The van der Waals surface area contributed by atoms with E-state index in [1.54, 1.807) is 11.9 Å². The number of nitrogens with zero attached hydrogens (tertiary/aromatic N) is 6. The van der Waals surface area contributed by atoms with E-state index in [4.69, 9.17) is 9.97 Å². The molecular formula is C21H37N7O2S. The maximum Gasteiger partial charge on any atom is 0.242 e. The average Bonchev–Trinajstić information content (AvgIpc) is 3.15. The van der Waals surface area contributed by atoms with Crippen molar-refractivity contribution in [1.82, 2.24) is 25.2 Å². The molecular weight excluding hydrogens is 414 g/mol. The molecule has 0 bridgehead atoms. The molecule has 2 aliphatic heterocycles. The van der Waals surface area contributed by atoms with Gasteiger partial charge in [0.2, 0.25) is 15.0 Å². The highest BCUT2D eigenvalue weighted by molar-refractivity contribution is 8.06. The van der Waals surface area contributed by atoms with Gasteiger partial charge in [0.25, 0.3) is 0 Å². The van der Waals surface area contributed by atoms with Crippen molar-refractivity contribution in [2.24, 2.45) is 5.10 Å². The van der Waals surface area contributed by atoms with Crippen molar-refractivity contribution in [3.63, 3.8) is 0 Å². The van der Waals surface area contributed by atoms with Crippen LogP contribution < -0.4 is 10.3 Å². The highest BCUT2D eigenvalue weighted by Crippen LogP contribution is 2.23. The second kappa shape index (κ2) is 9.68. The number of sulfone groups is 1. The average molecular weight is 452 g/mol. The van der Waals surface area contributed by atoms with Gasteiger partial charge < -0.3 is 9.80 Å². The molecule has 9 nitrogen and oxygen atoms in total. The van der Waals surface area contributed by atoms with Crippen LogP contribution >= 0.6 is 0 Å². The van der Waals surface area contributed by atoms with Gasteiger partial charge in [-0.3, -0.25) is 10.3 Å². The van der Waals surface area contributed by atoms with Crippen molar-refractivity contribution in [1.29, 1.82) is 0 Å². The minimum atomic E-state index is -3.33. The van der Waals surface area contributed by atoms with E-state index >= 15 is 0 Å². The molecule has 1 N–H and O–H groups in total. The molecule has 1 aromatic rings. The van der Waals surface area contributed by atoms with Gasteiger partial charge in [0.1, 0.15) is 18.3 Å². The summed E-state index contributed by atoms with van der Waals surface area (Å²) in [5.74, 6) is 2.04. The lowest BCUT2D eigenvalue weighted by atomic mass is 9.95. The number of amidine groups is 1. The quantitative estimate of drug-likeness (QED) is 0.665. The fourth-order valence-corrected chi connectivity index (χ4v) is 5.24. The van der Waals surface area contributed by atoms with Crippen molar-refractivity contribution in [3.8, 4) is 0 Å². The molecule has 0 radical (unpaired) electrons. The number of rotatable bonds is 7. The minimum Gasteiger partial charge on any atom is -0.354 e. The summed E-state index contributed by atoms with van der Waals surface area (Å²) in [5.41, 5.74) is 3.75. The fraction of sp³-hybridized carbons (Fsp3) is 0.762. The van der Waals surface area contributed by atoms with Gasteiger partial charge in [0.15, 0.2) is 0 Å². The van der Waals surface area contributed by atoms with Gasteiger partial charge >= 0.3 is 0 Å². The van der Waals surface area contributed by atoms with Crippen molar-refractivity contribution < 1.29 is 8.42 Å². The van der Waals surface area contributed by atoms with E-state index in [0.717, 1.165) is 62.9 Å². The highest BCUT2D eigenvalue weighted by Gasteiger charge is 2.28. The fourth-order valence-electron chi connectivity index (χ4n) is 3.80. The van der Waals surface area contributed by atoms with E-state index in [-0.39, 0.29) is 16.3 Å². The third-order valence-corrected chi connectivity index (χ3v) is 7.40. The van der Waals surface area contributed by atoms with E-state index < -0.39 is 9.84 Å². The van der Waals surface area contributed by atoms with E-state index in [9.17, 15) is 8.42 Å². The summed E-state index contributed by atoms with van der Waals surface area (Å²) in [4.78, 5) is 16.0. The molecule has 1 fully saturated rings. The zero-order valence-corrected chi connectivity index (χ0v) is 20.4. The summed E-state index contributed by atoms with van der Waals surface area (Å²) < 4.78 is 24.9. The third kappa shape index (κ3) is 6.06. The molecule has 174 valence electrons. The van der Waals surface area contributed by atoms with Gasteiger partial charge in [-0.2, -0.15) is 0 Å². The van der Waals surface area contributed by atoms with E-state index in [0.29, 0.717) is 13.1 Å². The zero-order valence-electron chi connectivity index (χ0n) is 19.6. The largest absolute Gasteiger partial charge is 0.354 e. The second-order valence-electron chi connectivity index (χ2n) is 9.45. The van der Waals surface area contributed by atoms with Crippen molar-refractivity contribution in [3.05, 3.63) is 17.6 Å². The van der Waals surface area contributed by atoms with Crippen molar-refractivity contribution in [2.75, 3.05) is 57.1 Å². The molecule has 0 atom stereocenters. The normalized spacial score (nSPS) is 18.3. The Kier molecular flexibility index (Phi) is 7.41. The maximum absolute atomic E-state index is 12.5. The number of hydrazone groups is 1. The molecule has 0 spiro atoms. The number of hydrogen-bond donors (Lipinski definition) is 1. The van der Waals surface area contributed by atoms with E-state index in [1.165, 1.54) is 0 Å². The molecule has 0 saturated carbocycles. The van der Waals surface area contributed by atoms with Gasteiger partial charge in [-0.15, -0.1) is 5.10 Å². The van der Waals surface area contributed by atoms with Crippen LogP contribution in [-0.4, -0.2) is 85.5 Å². The number of aromatic nitrogens is 2. The van der Waals surface area contributed by atoms with Gasteiger partial charge in [-0.1, -0.05) is 34.1 Å². The van der Waals surface area contributed by atoms with Crippen LogP contribution in [0.3, 0.4) is 0 Å². The Hall–Kier alpha value is -1.94. The summed E-state index contributed by atoms with van der Waals surface area (Å²) in [6, 6.07) is 2.13. The number of anilines is 1. The van der Waals surface area contributed by atoms with Crippen LogP contribution in [0.15, 0.2) is 11.2 Å². The van der Waals surface area contributed by atoms with Crippen LogP contribution in [0.2, 0.25) is 0 Å². The van der Waals surface area contributed by atoms with Gasteiger partial charge in [-0.25, -0.2) is 18.4 Å². The van der Waals surface area contributed by atoms with Crippen molar-refractivity contribution in [2.45, 2.75) is 52.4 Å². The number of nitrogens with one attached hydrogen (secondary N) is 1. The van der Waals surface area contributed by atoms with E-state index in [2.05, 4.69) is 54.1 Å². The van der Waals surface area contributed by atoms with Crippen LogP contribution in [0.5, 0.6) is 0 Å². The second-order valence-corrected chi connectivity index (χ2v) is 11.5. The van der Waals surface area contributed by atoms with Gasteiger partial charge in [0.05, 0.1) is 5.75 Å². The molecule has 1 saturated heterocycles. The first-order chi connectivity index (χ1) is 14.6. The minimum absolute atomic E-state index is 0.0843. The van der Waals surface area contributed by atoms with Crippen LogP contribution in [-0.2, 0) is 21.7 Å². The van der Waals surface area contributed by atoms with E-state index in [1.807, 2.05) is 0 Å². The lowest BCUT2D eigenvalue weighted by Gasteiger charge is -2.36. The maximum atomic E-state index is 12.5. The predicted octanol–water partition coefficient (Wildman–Crippen LogP) is 1.42. The van der Waals surface area contributed by atoms with Crippen molar-refractivity contribution >= 4 is 20.8 Å². The smallest absolute Gasteiger partial charge is 0.242 e.